The predicted molar refractivity (Wildman–Crippen MR) is 131 cm³/mol. The molecule has 1 amide bonds. The van der Waals surface area contributed by atoms with Gasteiger partial charge < -0.3 is 9.64 Å². The number of carbonyl (C=O) groups is 1. The van der Waals surface area contributed by atoms with E-state index in [-0.39, 0.29) is 11.3 Å². The van der Waals surface area contributed by atoms with E-state index in [2.05, 4.69) is 36.9 Å². The third-order valence-corrected chi connectivity index (χ3v) is 7.29. The van der Waals surface area contributed by atoms with Crippen molar-refractivity contribution in [1.29, 1.82) is 0 Å². The summed E-state index contributed by atoms with van der Waals surface area (Å²) in [6, 6.07) is 13.5. The van der Waals surface area contributed by atoms with Crippen molar-refractivity contribution in [2.75, 3.05) is 32.8 Å². The number of rotatable bonds is 6. The van der Waals surface area contributed by atoms with Crippen molar-refractivity contribution in [3.05, 3.63) is 63.6 Å². The van der Waals surface area contributed by atoms with E-state index in [1.54, 1.807) is 18.2 Å². The first-order valence-electron chi connectivity index (χ1n) is 11.5. The summed E-state index contributed by atoms with van der Waals surface area (Å²) in [6.45, 7) is 9.68. The molecule has 2 heterocycles. The summed E-state index contributed by atoms with van der Waals surface area (Å²) in [7, 11) is 0. The van der Waals surface area contributed by atoms with E-state index in [1.165, 1.54) is 5.56 Å². The Morgan fingerprint density at radius 2 is 1.78 bits per heavy atom. The molecule has 6 heteroatoms. The minimum Gasteiger partial charge on any atom is -0.493 e. The van der Waals surface area contributed by atoms with Crippen molar-refractivity contribution >= 4 is 29.1 Å². The number of benzene rings is 2. The van der Waals surface area contributed by atoms with Gasteiger partial charge in [-0.1, -0.05) is 55.2 Å². The maximum atomic E-state index is 13.0. The van der Waals surface area contributed by atoms with E-state index >= 15 is 0 Å². The van der Waals surface area contributed by atoms with Crippen LogP contribution in [-0.4, -0.2) is 48.5 Å². The average Bonchev–Trinajstić information content (AvgIpc) is 3.18. The fourth-order valence-electron chi connectivity index (χ4n) is 4.81. The highest BCUT2D eigenvalue weighted by molar-refractivity contribution is 6.36. The van der Waals surface area contributed by atoms with Gasteiger partial charge in [-0.3, -0.25) is 9.69 Å². The van der Waals surface area contributed by atoms with Crippen molar-refractivity contribution in [3.8, 4) is 5.75 Å². The fraction of sp³-hybridized carbons (Fsp3) is 0.500. The Labute approximate surface area is 201 Å². The standard InChI is InChI=1S/C26H32Cl2N2O2/c1-19(2)17-32-24-6-4-3-5-20(24)16-29-12-9-26(10-13-29)11-14-30(18-26)25(31)22-8-7-21(27)15-23(22)28/h3-8,15,19H,9-14,16-18H2,1-2H3. The van der Waals surface area contributed by atoms with Crippen LogP contribution in [0.15, 0.2) is 42.5 Å². The van der Waals surface area contributed by atoms with Crippen molar-refractivity contribution in [3.63, 3.8) is 0 Å². The molecule has 1 spiro atoms. The number of amides is 1. The summed E-state index contributed by atoms with van der Waals surface area (Å²) in [5.41, 5.74) is 2.02. The van der Waals surface area contributed by atoms with Crippen molar-refractivity contribution in [2.24, 2.45) is 11.3 Å². The molecular formula is C26H32Cl2N2O2. The molecule has 0 radical (unpaired) electrons. The molecule has 0 atom stereocenters. The monoisotopic (exact) mass is 474 g/mol. The van der Waals surface area contributed by atoms with Gasteiger partial charge in [0.1, 0.15) is 5.75 Å². The Morgan fingerprint density at radius 1 is 1.06 bits per heavy atom. The lowest BCUT2D eigenvalue weighted by Crippen LogP contribution is -2.42. The van der Waals surface area contributed by atoms with E-state index < -0.39 is 0 Å². The molecule has 0 aliphatic carbocycles. The molecule has 2 aliphatic heterocycles. The summed E-state index contributed by atoms with van der Waals surface area (Å²) in [5, 5.41) is 0.976. The minimum atomic E-state index is 0.0159. The molecule has 4 rings (SSSR count). The zero-order chi connectivity index (χ0) is 22.7. The number of hydrogen-bond donors (Lipinski definition) is 0. The van der Waals surface area contributed by atoms with Gasteiger partial charge in [-0.15, -0.1) is 0 Å². The maximum absolute atomic E-state index is 13.0. The maximum Gasteiger partial charge on any atom is 0.255 e. The second kappa shape index (κ2) is 10.0. The molecule has 0 aromatic heterocycles. The first-order valence-corrected chi connectivity index (χ1v) is 12.3. The van der Waals surface area contributed by atoms with E-state index in [4.69, 9.17) is 27.9 Å². The molecule has 172 valence electrons. The smallest absolute Gasteiger partial charge is 0.255 e. The summed E-state index contributed by atoms with van der Waals surface area (Å²) in [4.78, 5) is 17.5. The van der Waals surface area contributed by atoms with E-state index in [9.17, 15) is 4.79 Å². The summed E-state index contributed by atoms with van der Waals surface area (Å²) in [5.74, 6) is 1.52. The normalized spacial score (nSPS) is 18.5. The molecule has 32 heavy (non-hydrogen) atoms. The van der Waals surface area contributed by atoms with Crippen LogP contribution in [0.3, 0.4) is 0 Å². The number of likely N-dealkylation sites (tertiary alicyclic amines) is 2. The highest BCUT2D eigenvalue weighted by Crippen LogP contribution is 2.41. The number of carbonyl (C=O) groups excluding carboxylic acids is 1. The highest BCUT2D eigenvalue weighted by atomic mass is 35.5. The molecule has 0 saturated carbocycles. The number of nitrogens with zero attached hydrogens (tertiary/aromatic N) is 2. The predicted octanol–water partition coefficient (Wildman–Crippen LogP) is 6.16. The van der Waals surface area contributed by atoms with Crippen molar-refractivity contribution in [1.82, 2.24) is 9.80 Å². The molecule has 4 nitrogen and oxygen atoms in total. The van der Waals surface area contributed by atoms with Gasteiger partial charge in [0.25, 0.3) is 5.91 Å². The minimum absolute atomic E-state index is 0.0159. The zero-order valence-electron chi connectivity index (χ0n) is 18.9. The van der Waals surface area contributed by atoms with Crippen LogP contribution in [0, 0.1) is 11.3 Å². The molecule has 0 bridgehead atoms. The van der Waals surface area contributed by atoms with Crippen LogP contribution < -0.4 is 4.74 Å². The Balaban J connectivity index is 1.34. The van der Waals surface area contributed by atoms with Gasteiger partial charge in [-0.2, -0.15) is 0 Å². The molecule has 0 unspecified atom stereocenters. The van der Waals surface area contributed by atoms with Gasteiger partial charge in [0, 0.05) is 30.2 Å². The van der Waals surface area contributed by atoms with Crippen molar-refractivity contribution in [2.45, 2.75) is 39.7 Å². The second-order valence-corrected chi connectivity index (χ2v) is 10.5. The quantitative estimate of drug-likeness (QED) is 0.502. The Kier molecular flexibility index (Phi) is 7.34. The summed E-state index contributed by atoms with van der Waals surface area (Å²) in [6.07, 6.45) is 3.28. The number of para-hydroxylation sites is 1. The number of hydrogen-bond acceptors (Lipinski definition) is 3. The van der Waals surface area contributed by atoms with Gasteiger partial charge >= 0.3 is 0 Å². The lowest BCUT2D eigenvalue weighted by atomic mass is 9.77. The number of halogens is 2. The van der Waals surface area contributed by atoms with Crippen LogP contribution in [-0.2, 0) is 6.54 Å². The summed E-state index contributed by atoms with van der Waals surface area (Å²) < 4.78 is 6.04. The van der Waals surface area contributed by atoms with Crippen LogP contribution in [0.1, 0.15) is 49.0 Å². The second-order valence-electron chi connectivity index (χ2n) is 9.69. The third-order valence-electron chi connectivity index (χ3n) is 6.74. The zero-order valence-corrected chi connectivity index (χ0v) is 20.5. The van der Waals surface area contributed by atoms with Crippen LogP contribution in [0.5, 0.6) is 5.75 Å². The molecule has 0 N–H and O–H groups in total. The van der Waals surface area contributed by atoms with Gasteiger partial charge in [0.05, 0.1) is 17.2 Å². The van der Waals surface area contributed by atoms with E-state index in [0.717, 1.165) is 64.3 Å². The van der Waals surface area contributed by atoms with Gasteiger partial charge in [-0.25, -0.2) is 0 Å². The lowest BCUT2D eigenvalue weighted by Gasteiger charge is -2.39. The average molecular weight is 475 g/mol. The Bertz CT molecular complexity index is 955. The molecule has 2 aromatic rings. The molecule has 2 fully saturated rings. The van der Waals surface area contributed by atoms with Gasteiger partial charge in [0.15, 0.2) is 0 Å². The molecule has 2 saturated heterocycles. The fourth-order valence-corrected chi connectivity index (χ4v) is 5.30. The molecule has 2 aliphatic rings. The van der Waals surface area contributed by atoms with Crippen LogP contribution in [0.4, 0.5) is 0 Å². The van der Waals surface area contributed by atoms with Crippen molar-refractivity contribution < 1.29 is 9.53 Å². The SMILES string of the molecule is CC(C)COc1ccccc1CN1CCC2(CC1)CCN(C(=O)c1ccc(Cl)cc1Cl)C2. The van der Waals surface area contributed by atoms with Crippen LogP contribution in [0.2, 0.25) is 10.0 Å². The van der Waals surface area contributed by atoms with Gasteiger partial charge in [-0.05, 0) is 68.0 Å². The van der Waals surface area contributed by atoms with Crippen LogP contribution >= 0.6 is 23.2 Å². The van der Waals surface area contributed by atoms with E-state index in [0.29, 0.717) is 21.5 Å². The highest BCUT2D eigenvalue weighted by Gasteiger charge is 2.42. The van der Waals surface area contributed by atoms with Gasteiger partial charge in [0.2, 0.25) is 0 Å². The van der Waals surface area contributed by atoms with Crippen LogP contribution in [0.25, 0.3) is 0 Å². The Hall–Kier alpha value is -1.75. The summed E-state index contributed by atoms with van der Waals surface area (Å²) >= 11 is 12.3. The first kappa shape index (κ1) is 23.4. The lowest BCUT2D eigenvalue weighted by molar-refractivity contribution is 0.0712. The number of piperidine rings is 1. The van der Waals surface area contributed by atoms with E-state index in [1.807, 2.05) is 11.0 Å². The first-order chi connectivity index (χ1) is 15.3. The number of ether oxygens (including phenoxy) is 1. The third kappa shape index (κ3) is 5.41. The molecule has 2 aromatic carbocycles. The Morgan fingerprint density at radius 3 is 2.50 bits per heavy atom. The largest absolute Gasteiger partial charge is 0.493 e. The topological polar surface area (TPSA) is 32.8 Å². The molecular weight excluding hydrogens is 443 g/mol.